The van der Waals surface area contributed by atoms with Crippen LogP contribution in [0.2, 0.25) is 0 Å². The van der Waals surface area contributed by atoms with E-state index >= 15 is 0 Å². The molecule has 2 fully saturated rings. The molecule has 1 spiro atoms. The summed E-state index contributed by atoms with van der Waals surface area (Å²) in [5.74, 6) is 0.169. The molecule has 3 rings (SSSR count). The zero-order valence-electron chi connectivity index (χ0n) is 16.1. The minimum absolute atomic E-state index is 0.0357. The second-order valence-corrected chi connectivity index (χ2v) is 7.98. The van der Waals surface area contributed by atoms with Gasteiger partial charge in [0.25, 0.3) is 0 Å². The number of aliphatic hydroxyl groups is 1. The second-order valence-electron chi connectivity index (χ2n) is 7.98. The van der Waals surface area contributed by atoms with Gasteiger partial charge in [0.2, 0.25) is 11.8 Å². The van der Waals surface area contributed by atoms with E-state index in [2.05, 4.69) is 0 Å². The van der Waals surface area contributed by atoms with Crippen molar-refractivity contribution in [3.05, 3.63) is 35.9 Å². The largest absolute Gasteiger partial charge is 0.392 e. The average molecular weight is 374 g/mol. The van der Waals surface area contributed by atoms with Crippen molar-refractivity contribution in [2.24, 2.45) is 5.41 Å². The molecule has 0 aromatic heterocycles. The van der Waals surface area contributed by atoms with Gasteiger partial charge in [0.15, 0.2) is 0 Å². The predicted octanol–water partition coefficient (Wildman–Crippen LogP) is 1.82. The van der Waals surface area contributed by atoms with E-state index in [0.29, 0.717) is 39.2 Å². The van der Waals surface area contributed by atoms with E-state index in [1.807, 2.05) is 35.2 Å². The Labute approximate surface area is 161 Å². The first kappa shape index (κ1) is 19.8. The van der Waals surface area contributed by atoms with E-state index < -0.39 is 6.10 Å². The van der Waals surface area contributed by atoms with E-state index in [0.717, 1.165) is 24.8 Å². The predicted molar refractivity (Wildman–Crippen MR) is 102 cm³/mol. The number of amides is 2. The Bertz CT molecular complexity index is 639. The molecule has 0 radical (unpaired) electrons. The van der Waals surface area contributed by atoms with Gasteiger partial charge in [-0.2, -0.15) is 0 Å². The van der Waals surface area contributed by atoms with Crippen LogP contribution in [0.25, 0.3) is 0 Å². The molecule has 27 heavy (non-hydrogen) atoms. The highest BCUT2D eigenvalue weighted by Gasteiger charge is 2.41. The van der Waals surface area contributed by atoms with Crippen molar-refractivity contribution in [2.75, 3.05) is 32.8 Å². The minimum Gasteiger partial charge on any atom is -0.392 e. The Morgan fingerprint density at radius 3 is 2.59 bits per heavy atom. The van der Waals surface area contributed by atoms with Crippen LogP contribution in [0.4, 0.5) is 0 Å². The monoisotopic (exact) mass is 374 g/mol. The fourth-order valence-corrected chi connectivity index (χ4v) is 4.15. The van der Waals surface area contributed by atoms with Crippen LogP contribution in [-0.2, 0) is 20.9 Å². The number of hydrogen-bond acceptors (Lipinski definition) is 4. The first-order chi connectivity index (χ1) is 13.0. The topological polar surface area (TPSA) is 70.1 Å². The van der Waals surface area contributed by atoms with Crippen LogP contribution in [0.3, 0.4) is 0 Å². The van der Waals surface area contributed by atoms with Gasteiger partial charge in [0.05, 0.1) is 12.7 Å². The van der Waals surface area contributed by atoms with Gasteiger partial charge in [-0.15, -0.1) is 0 Å². The summed E-state index contributed by atoms with van der Waals surface area (Å²) < 4.78 is 5.57. The highest BCUT2D eigenvalue weighted by molar-refractivity contribution is 5.78. The number of carbonyl (C=O) groups is 2. The number of ether oxygens (including phenoxy) is 1. The number of rotatable bonds is 6. The fourth-order valence-electron chi connectivity index (χ4n) is 4.15. The summed E-state index contributed by atoms with van der Waals surface area (Å²) in [6.45, 7) is 4.79. The summed E-state index contributed by atoms with van der Waals surface area (Å²) in [7, 11) is 0. The third kappa shape index (κ3) is 5.30. The Balaban J connectivity index is 1.45. The molecule has 1 unspecified atom stereocenters. The maximum atomic E-state index is 12.4. The summed E-state index contributed by atoms with van der Waals surface area (Å²) in [6.07, 6.45) is 2.73. The maximum absolute atomic E-state index is 12.4. The van der Waals surface area contributed by atoms with Crippen LogP contribution in [0, 0.1) is 5.41 Å². The van der Waals surface area contributed by atoms with Gasteiger partial charge < -0.3 is 19.6 Å². The van der Waals surface area contributed by atoms with E-state index in [-0.39, 0.29) is 23.8 Å². The van der Waals surface area contributed by atoms with Crippen molar-refractivity contribution in [1.82, 2.24) is 9.80 Å². The van der Waals surface area contributed by atoms with Crippen LogP contribution in [-0.4, -0.2) is 65.6 Å². The van der Waals surface area contributed by atoms with Crippen LogP contribution in [0.1, 0.15) is 38.2 Å². The molecule has 6 heteroatoms. The summed E-state index contributed by atoms with van der Waals surface area (Å²) in [5, 5.41) is 9.63. The van der Waals surface area contributed by atoms with Gasteiger partial charge in [-0.1, -0.05) is 30.3 Å². The molecule has 0 aliphatic carbocycles. The lowest BCUT2D eigenvalue weighted by atomic mass is 9.72. The molecule has 1 aromatic rings. The fraction of sp³-hybridized carbons (Fsp3) is 0.619. The highest BCUT2D eigenvalue weighted by Crippen LogP contribution is 2.40. The number of nitrogens with zero attached hydrogens (tertiary/aromatic N) is 2. The Kier molecular flexibility index (Phi) is 6.50. The smallest absolute Gasteiger partial charge is 0.248 e. The van der Waals surface area contributed by atoms with Crippen molar-refractivity contribution in [1.29, 1.82) is 0 Å². The maximum Gasteiger partial charge on any atom is 0.248 e. The highest BCUT2D eigenvalue weighted by atomic mass is 16.5. The molecule has 0 bridgehead atoms. The molecule has 2 aliphatic heterocycles. The molecule has 1 N–H and O–H groups in total. The average Bonchev–Trinajstić information content (AvgIpc) is 2.66. The summed E-state index contributed by atoms with van der Waals surface area (Å²) in [4.78, 5) is 28.2. The standard InChI is InChI=1S/C21H30N2O4/c1-17(24)13-23-16-21(8-7-19(23)25)9-11-22(12-10-21)20(26)15-27-14-18-5-3-2-4-6-18/h2-6,17,24H,7-16H2,1H3. The third-order valence-electron chi connectivity index (χ3n) is 5.75. The summed E-state index contributed by atoms with van der Waals surface area (Å²) in [5.41, 5.74) is 1.15. The molecule has 148 valence electrons. The molecule has 1 aromatic carbocycles. The van der Waals surface area contributed by atoms with Gasteiger partial charge >= 0.3 is 0 Å². The molecule has 2 amide bonds. The third-order valence-corrected chi connectivity index (χ3v) is 5.75. The molecule has 1 atom stereocenters. The normalized spacial score (nSPS) is 20.7. The van der Waals surface area contributed by atoms with Gasteiger partial charge in [0, 0.05) is 32.6 Å². The first-order valence-corrected chi connectivity index (χ1v) is 9.83. The van der Waals surface area contributed by atoms with E-state index in [1.165, 1.54) is 0 Å². The lowest BCUT2D eigenvalue weighted by Gasteiger charge is -2.47. The van der Waals surface area contributed by atoms with Crippen molar-refractivity contribution in [2.45, 2.75) is 45.3 Å². The minimum atomic E-state index is -0.507. The number of aliphatic hydroxyl groups excluding tert-OH is 1. The van der Waals surface area contributed by atoms with Gasteiger partial charge in [0.1, 0.15) is 6.61 Å². The van der Waals surface area contributed by atoms with Crippen LogP contribution >= 0.6 is 0 Å². The number of β-amino-alcohol motifs (C(OH)–C–C–N with tert-alkyl or cyclic N) is 1. The SMILES string of the molecule is CC(O)CN1CC2(CCC1=O)CCN(C(=O)COCc1ccccc1)CC2. The molecule has 2 heterocycles. The zero-order chi connectivity index (χ0) is 19.3. The summed E-state index contributed by atoms with van der Waals surface area (Å²) in [6, 6.07) is 9.84. The Morgan fingerprint density at radius 1 is 1.22 bits per heavy atom. The molecule has 6 nitrogen and oxygen atoms in total. The second kappa shape index (κ2) is 8.85. The Morgan fingerprint density at radius 2 is 1.93 bits per heavy atom. The quantitative estimate of drug-likeness (QED) is 0.825. The van der Waals surface area contributed by atoms with Crippen LogP contribution in [0.5, 0.6) is 0 Å². The van der Waals surface area contributed by atoms with E-state index in [9.17, 15) is 14.7 Å². The summed E-state index contributed by atoms with van der Waals surface area (Å²) >= 11 is 0. The van der Waals surface area contributed by atoms with E-state index in [1.54, 1.807) is 11.8 Å². The number of piperidine rings is 2. The molecule has 2 saturated heterocycles. The van der Waals surface area contributed by atoms with Crippen LogP contribution < -0.4 is 0 Å². The molecule has 2 aliphatic rings. The van der Waals surface area contributed by atoms with E-state index in [4.69, 9.17) is 4.74 Å². The van der Waals surface area contributed by atoms with Gasteiger partial charge in [-0.3, -0.25) is 9.59 Å². The van der Waals surface area contributed by atoms with Gasteiger partial charge in [-0.25, -0.2) is 0 Å². The molecule has 0 saturated carbocycles. The lowest BCUT2D eigenvalue weighted by molar-refractivity contribution is -0.145. The number of hydrogen-bond donors (Lipinski definition) is 1. The Hall–Kier alpha value is -1.92. The number of carbonyl (C=O) groups excluding carboxylic acids is 2. The first-order valence-electron chi connectivity index (χ1n) is 9.83. The van der Waals surface area contributed by atoms with Crippen molar-refractivity contribution >= 4 is 11.8 Å². The van der Waals surface area contributed by atoms with Crippen molar-refractivity contribution < 1.29 is 19.4 Å². The zero-order valence-corrected chi connectivity index (χ0v) is 16.1. The van der Waals surface area contributed by atoms with Crippen molar-refractivity contribution in [3.63, 3.8) is 0 Å². The molecular formula is C21H30N2O4. The lowest BCUT2D eigenvalue weighted by Crippen LogP contribution is -2.53. The van der Waals surface area contributed by atoms with Crippen LogP contribution in [0.15, 0.2) is 30.3 Å². The number of likely N-dealkylation sites (tertiary alicyclic amines) is 2. The molecular weight excluding hydrogens is 344 g/mol. The van der Waals surface area contributed by atoms with Crippen molar-refractivity contribution in [3.8, 4) is 0 Å². The number of benzene rings is 1. The van der Waals surface area contributed by atoms with Gasteiger partial charge in [-0.05, 0) is 37.2 Å².